The maximum Gasteiger partial charge on any atom is 0.297 e. The molecule has 0 atom stereocenters. The summed E-state index contributed by atoms with van der Waals surface area (Å²) in [5, 5.41) is 0.0887. The first-order valence-electron chi connectivity index (χ1n) is 8.53. The first-order chi connectivity index (χ1) is 10.9. The second kappa shape index (κ2) is 6.55. The number of hydrogen-bond donors (Lipinski definition) is 0. The zero-order valence-corrected chi connectivity index (χ0v) is 17.5. The van der Waals surface area contributed by atoms with Crippen LogP contribution in [0.2, 0.25) is 18.1 Å². The molecule has 0 aromatic heterocycles. The van der Waals surface area contributed by atoms with Crippen LogP contribution in [0.25, 0.3) is 0 Å². The fraction of sp³-hybridized carbons (Fsp3) is 0.667. The molecule has 4 nitrogen and oxygen atoms in total. The Labute approximate surface area is 147 Å². The summed E-state index contributed by atoms with van der Waals surface area (Å²) in [5.74, 6) is 0. The third kappa shape index (κ3) is 4.28. The van der Waals surface area contributed by atoms with Crippen LogP contribution in [0.4, 0.5) is 0 Å². The number of hydrogen-bond acceptors (Lipinski definition) is 4. The van der Waals surface area contributed by atoms with Gasteiger partial charge in [0, 0.05) is 0 Å². The summed E-state index contributed by atoms with van der Waals surface area (Å²) in [6, 6.07) is 6.74. The molecule has 0 N–H and O–H groups in total. The van der Waals surface area contributed by atoms with Gasteiger partial charge in [0.15, 0.2) is 8.32 Å². The molecule has 0 aliphatic heterocycles. The van der Waals surface area contributed by atoms with E-state index in [1.807, 2.05) is 6.92 Å². The van der Waals surface area contributed by atoms with E-state index in [9.17, 15) is 8.42 Å². The first kappa shape index (κ1) is 19.6. The van der Waals surface area contributed by atoms with Crippen molar-refractivity contribution in [2.75, 3.05) is 6.61 Å². The monoisotopic (exact) mass is 370 g/mol. The molecule has 0 saturated heterocycles. The van der Waals surface area contributed by atoms with E-state index in [1.165, 1.54) is 0 Å². The quantitative estimate of drug-likeness (QED) is 0.540. The van der Waals surface area contributed by atoms with Gasteiger partial charge in [-0.25, -0.2) is 0 Å². The average molecular weight is 371 g/mol. The fourth-order valence-corrected chi connectivity index (χ4v) is 5.13. The van der Waals surface area contributed by atoms with Gasteiger partial charge in [-0.2, -0.15) is 8.42 Å². The Balaban J connectivity index is 2.09. The zero-order chi connectivity index (χ0) is 18.2. The molecule has 24 heavy (non-hydrogen) atoms. The van der Waals surface area contributed by atoms with Crippen LogP contribution >= 0.6 is 0 Å². The van der Waals surface area contributed by atoms with E-state index < -0.39 is 24.0 Å². The SMILES string of the molecule is Cc1ccc(S(=O)(=O)OCC2(O[Si](C)(C)C(C)(C)C)CCC2)cc1. The van der Waals surface area contributed by atoms with E-state index in [0.29, 0.717) is 0 Å². The molecule has 1 aromatic rings. The Morgan fingerprint density at radius 1 is 1.12 bits per heavy atom. The van der Waals surface area contributed by atoms with E-state index in [1.54, 1.807) is 24.3 Å². The summed E-state index contributed by atoms with van der Waals surface area (Å²) in [7, 11) is -5.71. The highest BCUT2D eigenvalue weighted by Crippen LogP contribution is 2.45. The van der Waals surface area contributed by atoms with Gasteiger partial charge >= 0.3 is 0 Å². The highest BCUT2D eigenvalue weighted by atomic mass is 32.2. The van der Waals surface area contributed by atoms with E-state index in [4.69, 9.17) is 8.61 Å². The van der Waals surface area contributed by atoms with Gasteiger partial charge in [-0.15, -0.1) is 0 Å². The molecule has 0 amide bonds. The number of rotatable bonds is 6. The van der Waals surface area contributed by atoms with Crippen molar-refractivity contribution >= 4 is 18.4 Å². The number of benzene rings is 1. The van der Waals surface area contributed by atoms with Gasteiger partial charge in [-0.1, -0.05) is 38.5 Å². The van der Waals surface area contributed by atoms with Crippen LogP contribution in [0.5, 0.6) is 0 Å². The van der Waals surface area contributed by atoms with E-state index >= 15 is 0 Å². The topological polar surface area (TPSA) is 52.6 Å². The molecule has 1 aromatic carbocycles. The minimum absolute atomic E-state index is 0.0887. The molecule has 1 fully saturated rings. The molecular weight excluding hydrogens is 340 g/mol. The Kier molecular flexibility index (Phi) is 5.36. The molecule has 0 radical (unpaired) electrons. The standard InChI is InChI=1S/C18H30O4SSi/c1-15-8-10-16(11-9-15)23(19,20)21-14-18(12-7-13-18)22-24(5,6)17(2,3)4/h8-11H,7,12-14H2,1-6H3. The van der Waals surface area contributed by atoms with E-state index in [-0.39, 0.29) is 16.5 Å². The molecule has 1 aliphatic carbocycles. The number of aryl methyl sites for hydroxylation is 1. The van der Waals surface area contributed by atoms with Crippen molar-refractivity contribution in [3.63, 3.8) is 0 Å². The van der Waals surface area contributed by atoms with Crippen molar-refractivity contribution in [2.24, 2.45) is 0 Å². The first-order valence-corrected chi connectivity index (χ1v) is 12.8. The molecule has 136 valence electrons. The summed E-state index contributed by atoms with van der Waals surface area (Å²) < 4.78 is 36.8. The lowest BCUT2D eigenvalue weighted by Gasteiger charge is -2.49. The highest BCUT2D eigenvalue weighted by molar-refractivity contribution is 7.86. The summed E-state index contributed by atoms with van der Waals surface area (Å²) in [4.78, 5) is 0.204. The molecule has 1 aliphatic rings. The minimum atomic E-state index is -3.74. The molecule has 0 bridgehead atoms. The third-order valence-corrected chi connectivity index (χ3v) is 11.2. The summed E-state index contributed by atoms with van der Waals surface area (Å²) in [6.07, 6.45) is 2.79. The van der Waals surface area contributed by atoms with Gasteiger partial charge in [0.25, 0.3) is 10.1 Å². The van der Waals surface area contributed by atoms with Gasteiger partial charge < -0.3 is 4.43 Å². The summed E-state index contributed by atoms with van der Waals surface area (Å²) in [6.45, 7) is 13.0. The van der Waals surface area contributed by atoms with Crippen LogP contribution in [-0.4, -0.2) is 28.9 Å². The zero-order valence-electron chi connectivity index (χ0n) is 15.7. The molecule has 1 saturated carbocycles. The van der Waals surface area contributed by atoms with Crippen LogP contribution in [0.3, 0.4) is 0 Å². The Hall–Kier alpha value is -0.693. The lowest BCUT2D eigenvalue weighted by Crippen LogP contribution is -2.55. The second-order valence-electron chi connectivity index (χ2n) is 8.43. The lowest BCUT2D eigenvalue weighted by molar-refractivity contribution is -0.0529. The smallest absolute Gasteiger partial charge is 0.297 e. The van der Waals surface area contributed by atoms with Crippen molar-refractivity contribution in [1.29, 1.82) is 0 Å². The molecule has 0 spiro atoms. The predicted octanol–water partition coefficient (Wildman–Crippen LogP) is 4.64. The predicted molar refractivity (Wildman–Crippen MR) is 99.2 cm³/mol. The van der Waals surface area contributed by atoms with Crippen molar-refractivity contribution < 1.29 is 17.0 Å². The van der Waals surface area contributed by atoms with Crippen LogP contribution in [0.1, 0.15) is 45.6 Å². The van der Waals surface area contributed by atoms with Gasteiger partial charge in [0.05, 0.1) is 17.1 Å². The van der Waals surface area contributed by atoms with Gasteiger partial charge in [-0.3, -0.25) is 4.18 Å². The van der Waals surface area contributed by atoms with Crippen molar-refractivity contribution in [2.45, 2.75) is 75.6 Å². The van der Waals surface area contributed by atoms with Crippen molar-refractivity contribution in [1.82, 2.24) is 0 Å². The van der Waals surface area contributed by atoms with Crippen LogP contribution < -0.4 is 0 Å². The van der Waals surface area contributed by atoms with Gasteiger partial charge in [-0.05, 0) is 56.5 Å². The van der Waals surface area contributed by atoms with E-state index in [0.717, 1.165) is 24.8 Å². The molecule has 0 unspecified atom stereocenters. The molecular formula is C18H30O4SSi. The second-order valence-corrected chi connectivity index (χ2v) is 14.8. The summed E-state index contributed by atoms with van der Waals surface area (Å²) >= 11 is 0. The normalized spacial score (nSPS) is 18.2. The van der Waals surface area contributed by atoms with Crippen LogP contribution in [-0.2, 0) is 18.7 Å². The van der Waals surface area contributed by atoms with Crippen molar-refractivity contribution in [3.05, 3.63) is 29.8 Å². The van der Waals surface area contributed by atoms with Crippen molar-refractivity contribution in [3.8, 4) is 0 Å². The highest BCUT2D eigenvalue weighted by Gasteiger charge is 2.48. The van der Waals surface area contributed by atoms with Gasteiger partial charge in [0.2, 0.25) is 0 Å². The maximum atomic E-state index is 12.4. The minimum Gasteiger partial charge on any atom is -0.409 e. The third-order valence-electron chi connectivity index (χ3n) is 5.33. The largest absolute Gasteiger partial charge is 0.409 e. The van der Waals surface area contributed by atoms with Crippen LogP contribution in [0, 0.1) is 6.92 Å². The molecule has 2 rings (SSSR count). The Morgan fingerprint density at radius 2 is 1.67 bits per heavy atom. The van der Waals surface area contributed by atoms with E-state index in [2.05, 4.69) is 33.9 Å². The average Bonchev–Trinajstić information content (AvgIpc) is 2.41. The fourth-order valence-electron chi connectivity index (χ4n) is 2.50. The van der Waals surface area contributed by atoms with Gasteiger partial charge in [0.1, 0.15) is 0 Å². The molecule has 6 heteroatoms. The molecule has 0 heterocycles. The maximum absolute atomic E-state index is 12.4. The summed E-state index contributed by atoms with van der Waals surface area (Å²) in [5.41, 5.74) is 0.575. The lowest BCUT2D eigenvalue weighted by atomic mass is 9.81. The van der Waals surface area contributed by atoms with Crippen LogP contribution in [0.15, 0.2) is 29.2 Å². The Bertz CT molecular complexity index is 668. The Morgan fingerprint density at radius 3 is 2.08 bits per heavy atom.